The molecule has 2 unspecified atom stereocenters. The molecular formula is C10H22N4O. The fraction of sp³-hybridized carbons (Fsp3) is 0.900. The molecule has 1 fully saturated rings. The van der Waals surface area contributed by atoms with Crippen LogP contribution in [0.25, 0.3) is 0 Å². The highest BCUT2D eigenvalue weighted by atomic mass is 16.5. The van der Waals surface area contributed by atoms with Crippen LogP contribution in [0.2, 0.25) is 0 Å². The van der Waals surface area contributed by atoms with Gasteiger partial charge in [0.25, 0.3) is 0 Å². The summed E-state index contributed by atoms with van der Waals surface area (Å²) in [7, 11) is 1.76. The lowest BCUT2D eigenvalue weighted by Gasteiger charge is -2.14. The molecule has 5 nitrogen and oxygen atoms in total. The Hall–Kier alpha value is -0.810. The lowest BCUT2D eigenvalue weighted by Crippen LogP contribution is -2.45. The molecule has 15 heavy (non-hydrogen) atoms. The van der Waals surface area contributed by atoms with Crippen molar-refractivity contribution in [3.05, 3.63) is 0 Å². The standard InChI is InChI=1S/C10H22N4O/c1-7(2)12-10(14-11)13-8-4-5-9(6-8)15-3/h7-9H,4-6,11H2,1-3H3,(H2,12,13,14). The van der Waals surface area contributed by atoms with Crippen molar-refractivity contribution in [2.24, 2.45) is 10.8 Å². The van der Waals surface area contributed by atoms with E-state index >= 15 is 0 Å². The maximum absolute atomic E-state index is 5.39. The van der Waals surface area contributed by atoms with E-state index in [1.165, 1.54) is 0 Å². The fourth-order valence-corrected chi connectivity index (χ4v) is 1.82. The summed E-state index contributed by atoms with van der Waals surface area (Å²) >= 11 is 0. The zero-order valence-corrected chi connectivity index (χ0v) is 9.79. The summed E-state index contributed by atoms with van der Waals surface area (Å²) in [6.07, 6.45) is 3.51. The van der Waals surface area contributed by atoms with Crippen LogP contribution in [0.5, 0.6) is 0 Å². The second-order valence-corrected chi connectivity index (χ2v) is 4.25. The smallest absolute Gasteiger partial charge is 0.206 e. The minimum Gasteiger partial charge on any atom is -0.381 e. The van der Waals surface area contributed by atoms with Crippen LogP contribution < -0.4 is 16.6 Å². The Morgan fingerprint density at radius 2 is 2.20 bits per heavy atom. The topological polar surface area (TPSA) is 71.7 Å². The van der Waals surface area contributed by atoms with Gasteiger partial charge in [-0.05, 0) is 33.1 Å². The molecule has 0 amide bonds. The SMILES string of the molecule is COC1CCC(N=C(NN)NC(C)C)C1. The third kappa shape index (κ3) is 4.05. The van der Waals surface area contributed by atoms with Gasteiger partial charge in [-0.25, -0.2) is 10.8 Å². The van der Waals surface area contributed by atoms with Crippen molar-refractivity contribution in [1.82, 2.24) is 10.7 Å². The summed E-state index contributed by atoms with van der Waals surface area (Å²) in [5, 5.41) is 3.16. The third-order valence-corrected chi connectivity index (χ3v) is 2.56. The monoisotopic (exact) mass is 214 g/mol. The van der Waals surface area contributed by atoms with Crippen LogP contribution in [0.3, 0.4) is 0 Å². The van der Waals surface area contributed by atoms with E-state index in [0.29, 0.717) is 24.1 Å². The van der Waals surface area contributed by atoms with Gasteiger partial charge in [-0.1, -0.05) is 0 Å². The van der Waals surface area contributed by atoms with Crippen molar-refractivity contribution in [1.29, 1.82) is 0 Å². The summed E-state index contributed by atoms with van der Waals surface area (Å²) in [5.41, 5.74) is 2.59. The van der Waals surface area contributed by atoms with Gasteiger partial charge in [0.1, 0.15) is 0 Å². The van der Waals surface area contributed by atoms with Gasteiger partial charge in [0.2, 0.25) is 5.96 Å². The molecule has 1 aliphatic carbocycles. The number of hydrazine groups is 1. The number of hydrogen-bond donors (Lipinski definition) is 3. The number of nitrogens with one attached hydrogen (secondary N) is 2. The van der Waals surface area contributed by atoms with Crippen LogP contribution in [0, 0.1) is 0 Å². The fourth-order valence-electron chi connectivity index (χ4n) is 1.82. The van der Waals surface area contributed by atoms with Crippen LogP contribution in [0.4, 0.5) is 0 Å². The first kappa shape index (κ1) is 12.3. The first-order valence-electron chi connectivity index (χ1n) is 5.49. The largest absolute Gasteiger partial charge is 0.381 e. The number of hydrogen-bond acceptors (Lipinski definition) is 3. The Morgan fingerprint density at radius 3 is 2.67 bits per heavy atom. The molecule has 0 aromatic carbocycles. The van der Waals surface area contributed by atoms with Crippen LogP contribution >= 0.6 is 0 Å². The molecule has 1 saturated carbocycles. The quantitative estimate of drug-likeness (QED) is 0.275. The van der Waals surface area contributed by atoms with Crippen molar-refractivity contribution >= 4 is 5.96 Å². The maximum atomic E-state index is 5.39. The number of rotatable bonds is 3. The number of nitrogens with zero attached hydrogens (tertiary/aromatic N) is 1. The predicted octanol–water partition coefficient (Wildman–Crippen LogP) is 0.371. The molecular weight excluding hydrogens is 192 g/mol. The Morgan fingerprint density at radius 1 is 1.47 bits per heavy atom. The molecule has 0 saturated heterocycles. The van der Waals surface area contributed by atoms with Crippen molar-refractivity contribution in [2.45, 2.75) is 51.3 Å². The van der Waals surface area contributed by atoms with Crippen molar-refractivity contribution < 1.29 is 4.74 Å². The molecule has 88 valence electrons. The van der Waals surface area contributed by atoms with Gasteiger partial charge in [-0.3, -0.25) is 5.43 Å². The minimum absolute atomic E-state index is 0.326. The van der Waals surface area contributed by atoms with E-state index in [-0.39, 0.29) is 0 Å². The molecule has 1 aliphatic rings. The average molecular weight is 214 g/mol. The predicted molar refractivity (Wildman–Crippen MR) is 61.5 cm³/mol. The molecule has 0 radical (unpaired) electrons. The normalized spacial score (nSPS) is 27.1. The minimum atomic E-state index is 0.326. The van der Waals surface area contributed by atoms with Gasteiger partial charge in [0, 0.05) is 13.2 Å². The highest BCUT2D eigenvalue weighted by Gasteiger charge is 2.24. The van der Waals surface area contributed by atoms with E-state index in [9.17, 15) is 0 Å². The van der Waals surface area contributed by atoms with Gasteiger partial charge < -0.3 is 10.1 Å². The van der Waals surface area contributed by atoms with Crippen LogP contribution in [0.15, 0.2) is 4.99 Å². The van der Waals surface area contributed by atoms with E-state index in [4.69, 9.17) is 10.6 Å². The molecule has 2 atom stereocenters. The van der Waals surface area contributed by atoms with Gasteiger partial charge in [0.05, 0.1) is 12.1 Å². The molecule has 1 rings (SSSR count). The highest BCUT2D eigenvalue weighted by molar-refractivity contribution is 5.79. The molecule has 0 bridgehead atoms. The van der Waals surface area contributed by atoms with Crippen molar-refractivity contribution in [3.63, 3.8) is 0 Å². The first-order valence-corrected chi connectivity index (χ1v) is 5.49. The summed E-state index contributed by atoms with van der Waals surface area (Å²) < 4.78 is 5.30. The number of aliphatic imine (C=N–C) groups is 1. The number of nitrogens with two attached hydrogens (primary N) is 1. The van der Waals surface area contributed by atoms with E-state index < -0.39 is 0 Å². The molecule has 0 aromatic rings. The van der Waals surface area contributed by atoms with Crippen LogP contribution in [0.1, 0.15) is 33.1 Å². The van der Waals surface area contributed by atoms with Crippen LogP contribution in [-0.4, -0.2) is 31.3 Å². The molecule has 4 N–H and O–H groups in total. The molecule has 5 heteroatoms. The van der Waals surface area contributed by atoms with Gasteiger partial charge in [0.15, 0.2) is 0 Å². The molecule has 0 aliphatic heterocycles. The third-order valence-electron chi connectivity index (χ3n) is 2.56. The summed E-state index contributed by atoms with van der Waals surface area (Å²) in [5.74, 6) is 6.06. The average Bonchev–Trinajstić information content (AvgIpc) is 2.64. The number of ether oxygens (including phenoxy) is 1. The Bertz CT molecular complexity index is 217. The zero-order chi connectivity index (χ0) is 11.3. The van der Waals surface area contributed by atoms with E-state index in [1.54, 1.807) is 7.11 Å². The Labute approximate surface area is 91.4 Å². The maximum Gasteiger partial charge on any atom is 0.206 e. The number of guanidine groups is 1. The Balaban J connectivity index is 2.45. The van der Waals surface area contributed by atoms with Gasteiger partial charge in [-0.15, -0.1) is 0 Å². The number of methoxy groups -OCH3 is 1. The highest BCUT2D eigenvalue weighted by Crippen LogP contribution is 2.23. The lowest BCUT2D eigenvalue weighted by molar-refractivity contribution is 0.108. The zero-order valence-electron chi connectivity index (χ0n) is 9.79. The van der Waals surface area contributed by atoms with Gasteiger partial charge in [-0.2, -0.15) is 0 Å². The second-order valence-electron chi connectivity index (χ2n) is 4.25. The summed E-state index contributed by atoms with van der Waals surface area (Å²) in [6, 6.07) is 0.659. The lowest BCUT2D eigenvalue weighted by atomic mass is 10.2. The molecule has 0 heterocycles. The van der Waals surface area contributed by atoms with E-state index in [1.807, 2.05) is 0 Å². The van der Waals surface area contributed by atoms with Gasteiger partial charge >= 0.3 is 0 Å². The second kappa shape index (κ2) is 5.92. The van der Waals surface area contributed by atoms with Crippen molar-refractivity contribution in [2.75, 3.05) is 7.11 Å². The molecule has 0 aromatic heterocycles. The summed E-state index contributed by atoms with van der Waals surface area (Å²) in [6.45, 7) is 4.11. The van der Waals surface area contributed by atoms with Crippen molar-refractivity contribution in [3.8, 4) is 0 Å². The van der Waals surface area contributed by atoms with E-state index in [2.05, 4.69) is 29.6 Å². The van der Waals surface area contributed by atoms with Crippen LogP contribution in [-0.2, 0) is 4.74 Å². The van der Waals surface area contributed by atoms with E-state index in [0.717, 1.165) is 19.3 Å². The summed E-state index contributed by atoms with van der Waals surface area (Å²) in [4.78, 5) is 4.52. The Kier molecular flexibility index (Phi) is 4.84. The first-order chi connectivity index (χ1) is 7.15. The molecule has 0 spiro atoms.